The van der Waals surface area contributed by atoms with Crippen molar-refractivity contribution in [1.29, 1.82) is 0 Å². The smallest absolute Gasteiger partial charge is 0.379 e. The van der Waals surface area contributed by atoms with Gasteiger partial charge < -0.3 is 14.6 Å². The maximum absolute atomic E-state index is 11.2. The zero-order valence-corrected chi connectivity index (χ0v) is 10.5. The molecule has 0 fully saturated rings. The van der Waals surface area contributed by atoms with Crippen LogP contribution >= 0.6 is 0 Å². The minimum absolute atomic E-state index is 0.321. The fourth-order valence-corrected chi connectivity index (χ4v) is 1.81. The molecule has 0 unspecified atom stereocenters. The summed E-state index contributed by atoms with van der Waals surface area (Å²) in [6.07, 6.45) is 0. The predicted octanol–water partition coefficient (Wildman–Crippen LogP) is 2.82. The van der Waals surface area contributed by atoms with Gasteiger partial charge in [-0.2, -0.15) is 0 Å². The third-order valence-electron chi connectivity index (χ3n) is 2.95. The second kappa shape index (κ2) is 4.56. The van der Waals surface area contributed by atoms with Crippen LogP contribution in [0.2, 0.25) is 0 Å². The molecule has 4 heteroatoms. The van der Waals surface area contributed by atoms with Gasteiger partial charge in [0.25, 0.3) is 0 Å². The van der Waals surface area contributed by atoms with E-state index in [1.54, 1.807) is 14.0 Å². The van der Waals surface area contributed by atoms with E-state index in [0.717, 1.165) is 16.9 Å². The molecule has 1 aliphatic heterocycles. The highest BCUT2D eigenvalue weighted by Gasteiger charge is 2.28. The van der Waals surface area contributed by atoms with Crippen molar-refractivity contribution in [3.05, 3.63) is 46.9 Å². The Morgan fingerprint density at radius 1 is 1.28 bits per heavy atom. The van der Waals surface area contributed by atoms with Gasteiger partial charge in [0.05, 0.1) is 7.11 Å². The number of aliphatic hydroxyl groups excluding tert-OH is 1. The number of carbonyl (C=O) groups excluding carboxylic acids is 1. The van der Waals surface area contributed by atoms with Crippen molar-refractivity contribution in [3.63, 3.8) is 0 Å². The Hall–Kier alpha value is -2.23. The van der Waals surface area contributed by atoms with Crippen LogP contribution in [0.4, 0.5) is 0 Å². The van der Waals surface area contributed by atoms with Gasteiger partial charge in [0.15, 0.2) is 0 Å². The molecule has 4 nitrogen and oxygen atoms in total. The highest BCUT2D eigenvalue weighted by molar-refractivity contribution is 5.94. The van der Waals surface area contributed by atoms with Gasteiger partial charge in [-0.1, -0.05) is 12.1 Å². The normalized spacial score (nSPS) is 17.8. The number of allylic oxidation sites excluding steroid dienone is 2. The summed E-state index contributed by atoms with van der Waals surface area (Å²) in [5.74, 6) is 0.158. The SMILES string of the molecule is COc1ccc(/C(C)=C2\OC(=O)C(O)=C2C)cc1. The molecule has 0 bridgehead atoms. The van der Waals surface area contributed by atoms with E-state index in [2.05, 4.69) is 0 Å². The average Bonchev–Trinajstić information content (AvgIpc) is 2.66. The number of hydrogen-bond donors (Lipinski definition) is 1. The van der Waals surface area contributed by atoms with E-state index in [0.29, 0.717) is 11.3 Å². The van der Waals surface area contributed by atoms with Crippen molar-refractivity contribution in [2.75, 3.05) is 7.11 Å². The van der Waals surface area contributed by atoms with E-state index in [1.165, 1.54) is 0 Å². The van der Waals surface area contributed by atoms with Crippen molar-refractivity contribution in [2.24, 2.45) is 0 Å². The Kier molecular flexibility index (Phi) is 3.10. The molecule has 0 saturated carbocycles. The standard InChI is InChI=1S/C14H14O4/c1-8(10-4-6-11(17-3)7-5-10)13-9(2)12(15)14(16)18-13/h4-7,15H,1-3H3/b13-8-. The van der Waals surface area contributed by atoms with Gasteiger partial charge in [0.2, 0.25) is 5.76 Å². The third-order valence-corrected chi connectivity index (χ3v) is 2.95. The number of methoxy groups -OCH3 is 1. The minimum Gasteiger partial charge on any atom is -0.502 e. The third kappa shape index (κ3) is 1.97. The summed E-state index contributed by atoms with van der Waals surface area (Å²) in [4.78, 5) is 11.2. The van der Waals surface area contributed by atoms with Crippen LogP contribution in [0.15, 0.2) is 41.4 Å². The first-order valence-corrected chi connectivity index (χ1v) is 5.52. The molecule has 1 heterocycles. The van der Waals surface area contributed by atoms with Crippen molar-refractivity contribution in [2.45, 2.75) is 13.8 Å². The molecular formula is C14H14O4. The Bertz CT molecular complexity index is 550. The van der Waals surface area contributed by atoms with E-state index in [1.807, 2.05) is 31.2 Å². The second-order valence-electron chi connectivity index (χ2n) is 4.05. The number of cyclic esters (lactones) is 1. The van der Waals surface area contributed by atoms with E-state index < -0.39 is 5.97 Å². The Morgan fingerprint density at radius 2 is 1.89 bits per heavy atom. The largest absolute Gasteiger partial charge is 0.502 e. The molecule has 0 aliphatic carbocycles. The van der Waals surface area contributed by atoms with Crippen LogP contribution in [0, 0.1) is 0 Å². The lowest BCUT2D eigenvalue weighted by Gasteiger charge is -2.07. The van der Waals surface area contributed by atoms with Crippen molar-refractivity contribution < 1.29 is 19.4 Å². The molecule has 1 aliphatic rings. The fourth-order valence-electron chi connectivity index (χ4n) is 1.81. The number of hydrogen-bond acceptors (Lipinski definition) is 4. The lowest BCUT2D eigenvalue weighted by molar-refractivity contribution is -0.135. The van der Waals surface area contributed by atoms with Gasteiger partial charge in [-0.25, -0.2) is 4.79 Å². The maximum atomic E-state index is 11.2. The Morgan fingerprint density at radius 3 is 2.33 bits per heavy atom. The fraction of sp³-hybridized carbons (Fsp3) is 0.214. The summed E-state index contributed by atoms with van der Waals surface area (Å²) in [7, 11) is 1.60. The molecule has 1 N–H and O–H groups in total. The first-order chi connectivity index (χ1) is 8.54. The molecule has 0 saturated heterocycles. The lowest BCUT2D eigenvalue weighted by atomic mass is 10.0. The van der Waals surface area contributed by atoms with Crippen LogP contribution in [0.3, 0.4) is 0 Å². The number of rotatable bonds is 2. The second-order valence-corrected chi connectivity index (χ2v) is 4.05. The molecular weight excluding hydrogens is 232 g/mol. The van der Waals surface area contributed by atoms with E-state index in [9.17, 15) is 9.90 Å². The van der Waals surface area contributed by atoms with Gasteiger partial charge >= 0.3 is 5.97 Å². The summed E-state index contributed by atoms with van der Waals surface area (Å²) >= 11 is 0. The van der Waals surface area contributed by atoms with Crippen LogP contribution in [-0.2, 0) is 9.53 Å². The highest BCUT2D eigenvalue weighted by Crippen LogP contribution is 2.31. The van der Waals surface area contributed by atoms with Gasteiger partial charge in [0, 0.05) is 5.57 Å². The molecule has 1 aromatic rings. The summed E-state index contributed by atoms with van der Waals surface area (Å²) in [6, 6.07) is 7.40. The lowest BCUT2D eigenvalue weighted by Crippen LogP contribution is -1.98. The number of ether oxygens (including phenoxy) is 2. The molecule has 0 amide bonds. The highest BCUT2D eigenvalue weighted by atomic mass is 16.6. The predicted molar refractivity (Wildman–Crippen MR) is 67.0 cm³/mol. The van der Waals surface area contributed by atoms with Crippen LogP contribution in [0.25, 0.3) is 5.57 Å². The number of benzene rings is 1. The number of esters is 1. The monoisotopic (exact) mass is 246 g/mol. The summed E-state index contributed by atoms with van der Waals surface area (Å²) in [6.45, 7) is 3.50. The van der Waals surface area contributed by atoms with E-state index in [4.69, 9.17) is 9.47 Å². The zero-order chi connectivity index (χ0) is 13.3. The van der Waals surface area contributed by atoms with Crippen molar-refractivity contribution in [3.8, 4) is 5.75 Å². The van der Waals surface area contributed by atoms with Crippen LogP contribution < -0.4 is 4.74 Å². The van der Waals surface area contributed by atoms with Crippen molar-refractivity contribution in [1.82, 2.24) is 0 Å². The number of aliphatic hydroxyl groups is 1. The zero-order valence-electron chi connectivity index (χ0n) is 10.5. The molecule has 0 atom stereocenters. The molecule has 0 radical (unpaired) electrons. The van der Waals surface area contributed by atoms with Gasteiger partial charge in [-0.15, -0.1) is 0 Å². The van der Waals surface area contributed by atoms with Gasteiger partial charge in [-0.05, 0) is 37.1 Å². The first-order valence-electron chi connectivity index (χ1n) is 5.52. The van der Waals surface area contributed by atoms with Crippen molar-refractivity contribution >= 4 is 11.5 Å². The summed E-state index contributed by atoms with van der Waals surface area (Å²) in [5, 5.41) is 9.47. The number of carbonyl (C=O) groups is 1. The topological polar surface area (TPSA) is 55.8 Å². The molecule has 1 aromatic carbocycles. The quantitative estimate of drug-likeness (QED) is 0.815. The molecule has 0 aromatic heterocycles. The molecule has 2 rings (SSSR count). The first kappa shape index (κ1) is 12.2. The minimum atomic E-state index is -0.699. The molecule has 18 heavy (non-hydrogen) atoms. The van der Waals surface area contributed by atoms with Crippen LogP contribution in [0.5, 0.6) is 5.75 Å². The summed E-state index contributed by atoms with van der Waals surface area (Å²) in [5.41, 5.74) is 2.17. The average molecular weight is 246 g/mol. The molecule has 94 valence electrons. The Labute approximate surface area is 105 Å². The summed E-state index contributed by atoms with van der Waals surface area (Å²) < 4.78 is 10.1. The van der Waals surface area contributed by atoms with Gasteiger partial charge in [-0.3, -0.25) is 0 Å². The maximum Gasteiger partial charge on any atom is 0.379 e. The van der Waals surface area contributed by atoms with Crippen LogP contribution in [-0.4, -0.2) is 18.2 Å². The van der Waals surface area contributed by atoms with E-state index in [-0.39, 0.29) is 5.76 Å². The van der Waals surface area contributed by atoms with Gasteiger partial charge in [0.1, 0.15) is 11.5 Å². The molecule has 0 spiro atoms. The Balaban J connectivity index is 2.42. The van der Waals surface area contributed by atoms with E-state index >= 15 is 0 Å². The van der Waals surface area contributed by atoms with Crippen LogP contribution in [0.1, 0.15) is 19.4 Å².